The minimum absolute atomic E-state index is 0.0316. The molecule has 7 nitrogen and oxygen atoms in total. The third-order valence-electron chi connectivity index (χ3n) is 3.78. The first-order valence-electron chi connectivity index (χ1n) is 8.88. The standard InChI is InChI=1S/C20H25NO6S/c1-16-4-10-19(11-5-16)28(23,24)27-14-3-13-26-18-8-6-17(7-9-18)21-20(22)12-15-25-2/h4-11H,3,12-15H2,1-2H3,(H,21,22). The van der Waals surface area contributed by atoms with Crippen molar-refractivity contribution in [1.29, 1.82) is 0 Å². The topological polar surface area (TPSA) is 90.9 Å². The number of anilines is 1. The Hall–Kier alpha value is -2.42. The van der Waals surface area contributed by atoms with E-state index in [4.69, 9.17) is 13.7 Å². The minimum atomic E-state index is -3.75. The molecule has 0 saturated heterocycles. The first-order chi connectivity index (χ1) is 13.4. The largest absolute Gasteiger partial charge is 0.494 e. The zero-order chi connectivity index (χ0) is 20.4. The molecule has 0 saturated carbocycles. The van der Waals surface area contributed by atoms with Gasteiger partial charge in [-0.1, -0.05) is 17.7 Å². The molecular weight excluding hydrogens is 382 g/mol. The van der Waals surface area contributed by atoms with E-state index in [-0.39, 0.29) is 17.4 Å². The van der Waals surface area contributed by atoms with Crippen molar-refractivity contribution in [2.45, 2.75) is 24.7 Å². The van der Waals surface area contributed by atoms with Gasteiger partial charge in [-0.25, -0.2) is 0 Å². The van der Waals surface area contributed by atoms with E-state index >= 15 is 0 Å². The second kappa shape index (κ2) is 10.8. The Balaban J connectivity index is 1.70. The lowest BCUT2D eigenvalue weighted by atomic mass is 10.2. The average Bonchev–Trinajstić information content (AvgIpc) is 2.67. The van der Waals surface area contributed by atoms with E-state index in [2.05, 4.69) is 5.32 Å². The van der Waals surface area contributed by atoms with Gasteiger partial charge in [0, 0.05) is 19.2 Å². The van der Waals surface area contributed by atoms with Crippen molar-refractivity contribution in [3.8, 4) is 5.75 Å². The van der Waals surface area contributed by atoms with Crippen LogP contribution in [0.4, 0.5) is 5.69 Å². The Kier molecular flexibility index (Phi) is 8.43. The van der Waals surface area contributed by atoms with E-state index < -0.39 is 10.1 Å². The van der Waals surface area contributed by atoms with Crippen LogP contribution in [0.3, 0.4) is 0 Å². The van der Waals surface area contributed by atoms with Gasteiger partial charge in [0.05, 0.1) is 31.1 Å². The summed E-state index contributed by atoms with van der Waals surface area (Å²) in [6, 6.07) is 13.4. The molecule has 0 radical (unpaired) electrons. The first kappa shape index (κ1) is 21.9. The van der Waals surface area contributed by atoms with E-state index in [0.29, 0.717) is 37.5 Å². The summed E-state index contributed by atoms with van der Waals surface area (Å²) >= 11 is 0. The van der Waals surface area contributed by atoms with Crippen LogP contribution in [0.1, 0.15) is 18.4 Å². The number of benzene rings is 2. The maximum atomic E-state index is 12.1. The molecule has 0 heterocycles. The monoisotopic (exact) mass is 407 g/mol. The summed E-state index contributed by atoms with van der Waals surface area (Å²) in [4.78, 5) is 11.8. The average molecular weight is 407 g/mol. The molecule has 1 amide bonds. The van der Waals surface area contributed by atoms with Gasteiger partial charge >= 0.3 is 0 Å². The smallest absolute Gasteiger partial charge is 0.296 e. The molecule has 0 unspecified atom stereocenters. The number of ether oxygens (including phenoxy) is 2. The molecule has 0 spiro atoms. The van der Waals surface area contributed by atoms with Crippen LogP contribution >= 0.6 is 0 Å². The lowest BCUT2D eigenvalue weighted by Gasteiger charge is -2.09. The number of hydrogen-bond donors (Lipinski definition) is 1. The molecule has 2 aromatic carbocycles. The molecule has 0 aliphatic rings. The van der Waals surface area contributed by atoms with Gasteiger partial charge in [0.2, 0.25) is 5.91 Å². The molecule has 0 aromatic heterocycles. The molecule has 0 fully saturated rings. The van der Waals surface area contributed by atoms with Crippen LogP contribution in [-0.2, 0) is 23.8 Å². The summed E-state index contributed by atoms with van der Waals surface area (Å²) in [6.07, 6.45) is 0.709. The van der Waals surface area contributed by atoms with E-state index in [0.717, 1.165) is 5.56 Å². The van der Waals surface area contributed by atoms with Crippen LogP contribution in [0.15, 0.2) is 53.4 Å². The summed E-state index contributed by atoms with van der Waals surface area (Å²) in [5.74, 6) is 0.499. The van der Waals surface area contributed by atoms with Gasteiger partial charge in [0.25, 0.3) is 10.1 Å². The lowest BCUT2D eigenvalue weighted by molar-refractivity contribution is -0.117. The molecule has 2 aromatic rings. The van der Waals surface area contributed by atoms with Crippen LogP contribution in [0.2, 0.25) is 0 Å². The Morgan fingerprint density at radius 1 is 0.964 bits per heavy atom. The zero-order valence-corrected chi connectivity index (χ0v) is 16.8. The third-order valence-corrected chi connectivity index (χ3v) is 5.10. The highest BCUT2D eigenvalue weighted by Crippen LogP contribution is 2.17. The first-order valence-corrected chi connectivity index (χ1v) is 10.3. The van der Waals surface area contributed by atoms with E-state index in [1.165, 1.54) is 12.1 Å². The van der Waals surface area contributed by atoms with Crippen molar-refractivity contribution in [1.82, 2.24) is 0 Å². The quantitative estimate of drug-likeness (QED) is 0.455. The lowest BCUT2D eigenvalue weighted by Crippen LogP contribution is -2.13. The van der Waals surface area contributed by atoms with Gasteiger partial charge in [0.15, 0.2) is 0 Å². The molecule has 1 N–H and O–H groups in total. The fourth-order valence-corrected chi connectivity index (χ4v) is 3.19. The van der Waals surface area contributed by atoms with E-state index in [1.54, 1.807) is 43.5 Å². The van der Waals surface area contributed by atoms with Gasteiger partial charge in [-0.05, 0) is 43.3 Å². The highest BCUT2D eigenvalue weighted by molar-refractivity contribution is 7.86. The fourth-order valence-electron chi connectivity index (χ4n) is 2.24. The Morgan fingerprint density at radius 2 is 1.64 bits per heavy atom. The van der Waals surface area contributed by atoms with Gasteiger partial charge < -0.3 is 14.8 Å². The van der Waals surface area contributed by atoms with Crippen molar-refractivity contribution in [3.63, 3.8) is 0 Å². The van der Waals surface area contributed by atoms with Crippen molar-refractivity contribution in [3.05, 3.63) is 54.1 Å². The Morgan fingerprint density at radius 3 is 2.29 bits per heavy atom. The molecule has 152 valence electrons. The van der Waals surface area contributed by atoms with Gasteiger partial charge in [0.1, 0.15) is 5.75 Å². The number of nitrogens with one attached hydrogen (secondary N) is 1. The SMILES string of the molecule is COCCC(=O)Nc1ccc(OCCCOS(=O)(=O)c2ccc(C)cc2)cc1. The highest BCUT2D eigenvalue weighted by Gasteiger charge is 2.14. The van der Waals surface area contributed by atoms with Crippen LogP contribution in [0.5, 0.6) is 5.75 Å². The van der Waals surface area contributed by atoms with E-state index in [9.17, 15) is 13.2 Å². The normalized spacial score (nSPS) is 11.2. The van der Waals surface area contributed by atoms with Crippen LogP contribution < -0.4 is 10.1 Å². The number of aryl methyl sites for hydroxylation is 1. The summed E-state index contributed by atoms with van der Waals surface area (Å²) in [6.45, 7) is 2.60. The zero-order valence-electron chi connectivity index (χ0n) is 16.0. The number of carbonyl (C=O) groups is 1. The van der Waals surface area contributed by atoms with Crippen molar-refractivity contribution in [2.75, 3.05) is 32.2 Å². The Bertz CT molecular complexity index is 847. The molecular formula is C20H25NO6S. The van der Waals surface area contributed by atoms with Gasteiger partial charge in [-0.15, -0.1) is 0 Å². The van der Waals surface area contributed by atoms with Crippen molar-refractivity contribution in [2.24, 2.45) is 0 Å². The molecule has 0 aliphatic carbocycles. The van der Waals surface area contributed by atoms with Crippen molar-refractivity contribution < 1.29 is 26.9 Å². The number of amides is 1. The molecule has 0 atom stereocenters. The number of rotatable bonds is 11. The molecule has 8 heteroatoms. The van der Waals surface area contributed by atoms with Gasteiger partial charge in [-0.3, -0.25) is 8.98 Å². The summed E-state index contributed by atoms with van der Waals surface area (Å²) < 4.78 is 39.6. The van der Waals surface area contributed by atoms with Crippen molar-refractivity contribution >= 4 is 21.7 Å². The fraction of sp³-hybridized carbons (Fsp3) is 0.350. The van der Waals surface area contributed by atoms with Crippen LogP contribution in [0.25, 0.3) is 0 Å². The van der Waals surface area contributed by atoms with E-state index in [1.807, 2.05) is 6.92 Å². The summed E-state index contributed by atoms with van der Waals surface area (Å²) in [7, 11) is -2.21. The summed E-state index contributed by atoms with van der Waals surface area (Å²) in [5, 5.41) is 2.75. The predicted octanol–water partition coefficient (Wildman–Crippen LogP) is 3.14. The highest BCUT2D eigenvalue weighted by atomic mass is 32.2. The molecule has 2 rings (SSSR count). The maximum Gasteiger partial charge on any atom is 0.296 e. The van der Waals surface area contributed by atoms with Crippen LogP contribution in [0, 0.1) is 6.92 Å². The Labute approximate surface area is 165 Å². The molecule has 0 bridgehead atoms. The summed E-state index contributed by atoms with van der Waals surface area (Å²) in [5.41, 5.74) is 1.65. The number of hydrogen-bond acceptors (Lipinski definition) is 6. The van der Waals surface area contributed by atoms with Gasteiger partial charge in [-0.2, -0.15) is 8.42 Å². The number of carbonyl (C=O) groups excluding carboxylic acids is 1. The maximum absolute atomic E-state index is 12.1. The minimum Gasteiger partial charge on any atom is -0.494 e. The van der Waals surface area contributed by atoms with Crippen LogP contribution in [-0.4, -0.2) is 41.3 Å². The second-order valence-electron chi connectivity index (χ2n) is 6.11. The molecule has 0 aliphatic heterocycles. The predicted molar refractivity (Wildman–Crippen MR) is 106 cm³/mol. The molecule has 28 heavy (non-hydrogen) atoms. The number of methoxy groups -OCH3 is 1. The third kappa shape index (κ3) is 7.30. The second-order valence-corrected chi connectivity index (χ2v) is 7.72.